The molecule has 1 aromatic rings. The molecule has 4 nitrogen and oxygen atoms in total. The van der Waals surface area contributed by atoms with Crippen LogP contribution in [0.5, 0.6) is 0 Å². The van der Waals surface area contributed by atoms with Crippen molar-refractivity contribution in [3.63, 3.8) is 0 Å². The summed E-state index contributed by atoms with van der Waals surface area (Å²) in [5.74, 6) is -0.612. The van der Waals surface area contributed by atoms with Crippen LogP contribution in [-0.2, 0) is 9.59 Å². The Morgan fingerprint density at radius 3 is 2.64 bits per heavy atom. The topological polar surface area (TPSA) is 63.4 Å². The fourth-order valence-corrected chi connectivity index (χ4v) is 2.72. The second kappa shape index (κ2) is 7.40. The minimum absolute atomic E-state index is 0.0295. The van der Waals surface area contributed by atoms with Gasteiger partial charge >= 0.3 is 0 Å². The Morgan fingerprint density at radius 2 is 2.05 bits per heavy atom. The van der Waals surface area contributed by atoms with E-state index in [1.165, 1.54) is 18.2 Å². The molecular formula is C16H18ClFN2O2. The Bertz CT molecular complexity index is 596. The molecule has 6 heteroatoms. The van der Waals surface area contributed by atoms with Crippen LogP contribution in [0.15, 0.2) is 24.3 Å². The van der Waals surface area contributed by atoms with Crippen LogP contribution in [0.1, 0.15) is 24.8 Å². The predicted molar refractivity (Wildman–Crippen MR) is 83.6 cm³/mol. The molecule has 2 rings (SSSR count). The van der Waals surface area contributed by atoms with E-state index in [1.807, 2.05) is 0 Å². The largest absolute Gasteiger partial charge is 0.370 e. The third kappa shape index (κ3) is 4.56. The molecule has 0 atom stereocenters. The standard InChI is InChI=1S/C16H18ClFN2O2/c17-13-9-11(1-3-14(13)18)2-4-16(22)20-7-5-12(6-8-20)10-15(19)21/h1-4,9,12H,5-8,10H2,(H2,19,21)/b4-2+. The highest BCUT2D eigenvalue weighted by atomic mass is 35.5. The zero-order chi connectivity index (χ0) is 16.1. The van der Waals surface area contributed by atoms with Crippen LogP contribution in [0, 0.1) is 11.7 Å². The van der Waals surface area contributed by atoms with Gasteiger partial charge in [-0.2, -0.15) is 0 Å². The molecule has 0 radical (unpaired) electrons. The van der Waals surface area contributed by atoms with Crippen LogP contribution < -0.4 is 5.73 Å². The number of hydrogen-bond acceptors (Lipinski definition) is 2. The Balaban J connectivity index is 1.89. The SMILES string of the molecule is NC(=O)CC1CCN(C(=O)/C=C/c2ccc(F)c(Cl)c2)CC1. The van der Waals surface area contributed by atoms with Crippen LogP contribution in [0.4, 0.5) is 4.39 Å². The summed E-state index contributed by atoms with van der Waals surface area (Å²) in [5, 5.41) is 0.0295. The predicted octanol–water partition coefficient (Wildman–Crippen LogP) is 2.61. The summed E-state index contributed by atoms with van der Waals surface area (Å²) in [6.45, 7) is 1.23. The van der Waals surface area contributed by atoms with Gasteiger partial charge in [0.05, 0.1) is 5.02 Å². The lowest BCUT2D eigenvalue weighted by atomic mass is 9.93. The van der Waals surface area contributed by atoms with Crippen molar-refractivity contribution in [1.82, 2.24) is 4.90 Å². The zero-order valence-electron chi connectivity index (χ0n) is 12.1. The normalized spacial score (nSPS) is 16.2. The maximum Gasteiger partial charge on any atom is 0.246 e. The first kappa shape index (κ1) is 16.5. The first-order chi connectivity index (χ1) is 10.5. The number of carbonyl (C=O) groups excluding carboxylic acids is 2. The van der Waals surface area contributed by atoms with Gasteiger partial charge in [-0.3, -0.25) is 9.59 Å². The third-order valence-corrected chi connectivity index (χ3v) is 4.07. The van der Waals surface area contributed by atoms with E-state index in [1.54, 1.807) is 17.0 Å². The number of nitrogens with zero attached hydrogens (tertiary/aromatic N) is 1. The maximum atomic E-state index is 13.1. The molecule has 0 saturated carbocycles. The van der Waals surface area contributed by atoms with E-state index in [4.69, 9.17) is 17.3 Å². The van der Waals surface area contributed by atoms with E-state index >= 15 is 0 Å². The third-order valence-electron chi connectivity index (χ3n) is 3.78. The molecule has 2 amide bonds. The summed E-state index contributed by atoms with van der Waals surface area (Å²) >= 11 is 5.69. The van der Waals surface area contributed by atoms with Crippen molar-refractivity contribution in [2.45, 2.75) is 19.3 Å². The van der Waals surface area contributed by atoms with Crippen LogP contribution in [0.2, 0.25) is 5.02 Å². The first-order valence-electron chi connectivity index (χ1n) is 7.16. The van der Waals surface area contributed by atoms with E-state index in [2.05, 4.69) is 0 Å². The molecule has 0 bridgehead atoms. The van der Waals surface area contributed by atoms with Gasteiger partial charge in [-0.25, -0.2) is 4.39 Å². The van der Waals surface area contributed by atoms with Gasteiger partial charge in [0.25, 0.3) is 0 Å². The molecule has 1 fully saturated rings. The molecule has 0 aromatic heterocycles. The van der Waals surface area contributed by atoms with Gasteiger partial charge in [0.2, 0.25) is 11.8 Å². The Morgan fingerprint density at radius 1 is 1.36 bits per heavy atom. The molecule has 1 saturated heterocycles. The second-order valence-corrected chi connectivity index (χ2v) is 5.85. The Labute approximate surface area is 133 Å². The lowest BCUT2D eigenvalue weighted by molar-refractivity contribution is -0.127. The van der Waals surface area contributed by atoms with Crippen molar-refractivity contribution in [3.8, 4) is 0 Å². The second-order valence-electron chi connectivity index (χ2n) is 5.45. The minimum atomic E-state index is -0.485. The zero-order valence-corrected chi connectivity index (χ0v) is 12.9. The summed E-state index contributed by atoms with van der Waals surface area (Å²) in [7, 11) is 0. The molecule has 0 unspecified atom stereocenters. The van der Waals surface area contributed by atoms with Crippen LogP contribution in [0.3, 0.4) is 0 Å². The minimum Gasteiger partial charge on any atom is -0.370 e. The van der Waals surface area contributed by atoms with Crippen molar-refractivity contribution >= 4 is 29.5 Å². The number of nitrogens with two attached hydrogens (primary N) is 1. The number of hydrogen-bond donors (Lipinski definition) is 1. The average molecular weight is 325 g/mol. The van der Waals surface area contributed by atoms with Crippen LogP contribution in [0.25, 0.3) is 6.08 Å². The average Bonchev–Trinajstić information content (AvgIpc) is 2.48. The molecule has 22 heavy (non-hydrogen) atoms. The van der Waals surface area contributed by atoms with Crippen molar-refractivity contribution in [2.24, 2.45) is 11.7 Å². The quantitative estimate of drug-likeness (QED) is 0.865. The molecule has 118 valence electrons. The van der Waals surface area contributed by atoms with Gasteiger partial charge in [0, 0.05) is 25.6 Å². The number of halogens is 2. The fourth-order valence-electron chi connectivity index (χ4n) is 2.53. The Hall–Kier alpha value is -1.88. The molecule has 2 N–H and O–H groups in total. The lowest BCUT2D eigenvalue weighted by Gasteiger charge is -2.30. The van der Waals surface area contributed by atoms with Gasteiger partial charge in [0.15, 0.2) is 0 Å². The molecule has 0 spiro atoms. The molecule has 1 aromatic carbocycles. The lowest BCUT2D eigenvalue weighted by Crippen LogP contribution is -2.38. The summed E-state index contributed by atoms with van der Waals surface area (Å²) in [4.78, 5) is 24.7. The van der Waals surface area contributed by atoms with E-state index in [0.717, 1.165) is 12.8 Å². The molecule has 1 heterocycles. The van der Waals surface area contributed by atoms with Crippen molar-refractivity contribution < 1.29 is 14.0 Å². The molecule has 1 aliphatic rings. The molecule has 1 aliphatic heterocycles. The monoisotopic (exact) mass is 324 g/mol. The van der Waals surface area contributed by atoms with Crippen molar-refractivity contribution in [1.29, 1.82) is 0 Å². The fraction of sp³-hybridized carbons (Fsp3) is 0.375. The van der Waals surface area contributed by atoms with Crippen LogP contribution >= 0.6 is 11.6 Å². The van der Waals surface area contributed by atoms with Gasteiger partial charge in [-0.05, 0) is 42.5 Å². The van der Waals surface area contributed by atoms with E-state index < -0.39 is 5.82 Å². The Kier molecular flexibility index (Phi) is 5.55. The van der Waals surface area contributed by atoms with Gasteiger partial charge in [0.1, 0.15) is 5.82 Å². The van der Waals surface area contributed by atoms with Gasteiger partial charge in [-0.15, -0.1) is 0 Å². The first-order valence-corrected chi connectivity index (χ1v) is 7.54. The highest BCUT2D eigenvalue weighted by Crippen LogP contribution is 2.21. The smallest absolute Gasteiger partial charge is 0.246 e. The maximum absolute atomic E-state index is 13.1. The van der Waals surface area contributed by atoms with Crippen LogP contribution in [-0.4, -0.2) is 29.8 Å². The summed E-state index contributed by atoms with van der Waals surface area (Å²) < 4.78 is 13.1. The van der Waals surface area contributed by atoms with E-state index in [0.29, 0.717) is 25.1 Å². The highest BCUT2D eigenvalue weighted by Gasteiger charge is 2.22. The van der Waals surface area contributed by atoms with E-state index in [9.17, 15) is 14.0 Å². The number of likely N-dealkylation sites (tertiary alicyclic amines) is 1. The number of carbonyl (C=O) groups is 2. The van der Waals surface area contributed by atoms with Gasteiger partial charge < -0.3 is 10.6 Å². The number of piperidine rings is 1. The number of primary amides is 1. The van der Waals surface area contributed by atoms with Gasteiger partial charge in [-0.1, -0.05) is 17.7 Å². The number of benzene rings is 1. The number of rotatable bonds is 4. The summed E-state index contributed by atoms with van der Waals surface area (Å²) in [5.41, 5.74) is 5.85. The van der Waals surface area contributed by atoms with E-state index in [-0.39, 0.29) is 22.8 Å². The summed E-state index contributed by atoms with van der Waals surface area (Å²) in [6.07, 6.45) is 5.02. The molecule has 0 aliphatic carbocycles. The summed E-state index contributed by atoms with van der Waals surface area (Å²) in [6, 6.07) is 4.30. The number of amides is 2. The molecular weight excluding hydrogens is 307 g/mol. The van der Waals surface area contributed by atoms with Crippen molar-refractivity contribution in [2.75, 3.05) is 13.1 Å². The highest BCUT2D eigenvalue weighted by molar-refractivity contribution is 6.30. The van der Waals surface area contributed by atoms with Crippen molar-refractivity contribution in [3.05, 3.63) is 40.7 Å².